The Balaban J connectivity index is 2.06. The molecule has 3 nitrogen and oxygen atoms in total. The molecular weight excluding hydrogens is 234 g/mol. The zero-order chi connectivity index (χ0) is 13.5. The number of hydrogen-bond acceptors (Lipinski definition) is 2. The van der Waals surface area contributed by atoms with Crippen molar-refractivity contribution < 1.29 is 0 Å². The second kappa shape index (κ2) is 7.68. The summed E-state index contributed by atoms with van der Waals surface area (Å²) in [4.78, 5) is 0. The van der Waals surface area contributed by atoms with E-state index in [0.29, 0.717) is 6.04 Å². The molecule has 1 aromatic heterocycles. The number of aryl methyl sites for hydroxylation is 1. The predicted molar refractivity (Wildman–Crippen MR) is 80.1 cm³/mol. The highest BCUT2D eigenvalue weighted by Crippen LogP contribution is 2.32. The van der Waals surface area contributed by atoms with Crippen molar-refractivity contribution in [2.75, 3.05) is 6.54 Å². The molecule has 108 valence electrons. The van der Waals surface area contributed by atoms with Crippen molar-refractivity contribution in [1.82, 2.24) is 15.1 Å². The average Bonchev–Trinajstić information content (AvgIpc) is 2.78. The molecule has 19 heavy (non-hydrogen) atoms. The molecule has 0 saturated heterocycles. The highest BCUT2D eigenvalue weighted by molar-refractivity contribution is 5.07. The molecule has 1 fully saturated rings. The fraction of sp³-hybridized carbons (Fsp3) is 0.812. The molecule has 1 N–H and O–H groups in total. The minimum Gasteiger partial charge on any atom is -0.308 e. The van der Waals surface area contributed by atoms with Gasteiger partial charge >= 0.3 is 0 Å². The van der Waals surface area contributed by atoms with Crippen molar-refractivity contribution in [3.8, 4) is 0 Å². The Morgan fingerprint density at radius 2 is 1.95 bits per heavy atom. The monoisotopic (exact) mass is 263 g/mol. The number of nitrogens with one attached hydrogen (secondary N) is 1. The lowest BCUT2D eigenvalue weighted by molar-refractivity contribution is 0.283. The minimum atomic E-state index is 0.458. The average molecular weight is 263 g/mol. The SMILES string of the molecule is CCCNC(c1ccn(C)n1)C1CCCCCCC1. The molecular formula is C16H29N3. The highest BCUT2D eigenvalue weighted by atomic mass is 15.3. The van der Waals surface area contributed by atoms with E-state index in [1.165, 1.54) is 57.1 Å². The van der Waals surface area contributed by atoms with E-state index in [9.17, 15) is 0 Å². The largest absolute Gasteiger partial charge is 0.308 e. The molecule has 0 radical (unpaired) electrons. The third-order valence-electron chi connectivity index (χ3n) is 4.29. The predicted octanol–water partition coefficient (Wildman–Crippen LogP) is 3.82. The normalized spacial score (nSPS) is 19.9. The summed E-state index contributed by atoms with van der Waals surface area (Å²) >= 11 is 0. The molecule has 3 heteroatoms. The number of rotatable bonds is 5. The van der Waals surface area contributed by atoms with Crippen molar-refractivity contribution in [1.29, 1.82) is 0 Å². The molecule has 1 atom stereocenters. The second-order valence-corrected chi connectivity index (χ2v) is 5.95. The van der Waals surface area contributed by atoms with Gasteiger partial charge < -0.3 is 5.32 Å². The quantitative estimate of drug-likeness (QED) is 0.875. The van der Waals surface area contributed by atoms with E-state index in [1.54, 1.807) is 0 Å². The Morgan fingerprint density at radius 1 is 1.26 bits per heavy atom. The lowest BCUT2D eigenvalue weighted by Gasteiger charge is -2.28. The van der Waals surface area contributed by atoms with Crippen LogP contribution in [-0.2, 0) is 7.05 Å². The van der Waals surface area contributed by atoms with Crippen LogP contribution in [-0.4, -0.2) is 16.3 Å². The molecule has 2 rings (SSSR count). The number of aromatic nitrogens is 2. The summed E-state index contributed by atoms with van der Waals surface area (Å²) < 4.78 is 1.93. The van der Waals surface area contributed by atoms with Gasteiger partial charge in [-0.1, -0.05) is 39.0 Å². The van der Waals surface area contributed by atoms with E-state index in [1.807, 2.05) is 11.7 Å². The number of nitrogens with zero attached hydrogens (tertiary/aromatic N) is 2. The molecule has 0 amide bonds. The van der Waals surface area contributed by atoms with E-state index < -0.39 is 0 Å². The Bertz CT molecular complexity index is 351. The van der Waals surface area contributed by atoms with Crippen molar-refractivity contribution in [2.45, 2.75) is 64.3 Å². The Labute approximate surface area is 117 Å². The maximum absolute atomic E-state index is 4.65. The highest BCUT2D eigenvalue weighted by Gasteiger charge is 2.24. The molecule has 1 aliphatic rings. The van der Waals surface area contributed by atoms with E-state index in [2.05, 4.69) is 29.6 Å². The van der Waals surface area contributed by atoms with Crippen molar-refractivity contribution >= 4 is 0 Å². The third kappa shape index (κ3) is 4.34. The molecule has 0 aliphatic heterocycles. The summed E-state index contributed by atoms with van der Waals surface area (Å²) in [6.07, 6.45) is 13.0. The molecule has 0 aromatic carbocycles. The van der Waals surface area contributed by atoms with Crippen LogP contribution in [0.1, 0.15) is 70.0 Å². The van der Waals surface area contributed by atoms with Gasteiger partial charge in [-0.05, 0) is 37.8 Å². The topological polar surface area (TPSA) is 29.9 Å². The van der Waals surface area contributed by atoms with Crippen LogP contribution in [0, 0.1) is 5.92 Å². The van der Waals surface area contributed by atoms with Crippen LogP contribution in [0.15, 0.2) is 12.3 Å². The van der Waals surface area contributed by atoms with Crippen LogP contribution in [0.5, 0.6) is 0 Å². The van der Waals surface area contributed by atoms with Gasteiger partial charge in [0.1, 0.15) is 0 Å². The van der Waals surface area contributed by atoms with E-state index in [4.69, 9.17) is 0 Å². The Kier molecular flexibility index (Phi) is 5.90. The van der Waals surface area contributed by atoms with Gasteiger partial charge in [0.05, 0.1) is 11.7 Å². The molecule has 1 unspecified atom stereocenters. The third-order valence-corrected chi connectivity index (χ3v) is 4.29. The first kappa shape index (κ1) is 14.6. The summed E-state index contributed by atoms with van der Waals surface area (Å²) in [5.74, 6) is 0.766. The number of hydrogen-bond donors (Lipinski definition) is 1. The maximum atomic E-state index is 4.65. The van der Waals surface area contributed by atoms with Crippen LogP contribution in [0.4, 0.5) is 0 Å². The molecule has 1 aromatic rings. The van der Waals surface area contributed by atoms with Crippen LogP contribution in [0.3, 0.4) is 0 Å². The molecule has 0 bridgehead atoms. The second-order valence-electron chi connectivity index (χ2n) is 5.95. The zero-order valence-electron chi connectivity index (χ0n) is 12.6. The van der Waals surface area contributed by atoms with Gasteiger partial charge in [-0.2, -0.15) is 5.10 Å². The van der Waals surface area contributed by atoms with Gasteiger partial charge in [-0.3, -0.25) is 4.68 Å². The van der Waals surface area contributed by atoms with Gasteiger partial charge in [0.15, 0.2) is 0 Å². The van der Waals surface area contributed by atoms with Crippen LogP contribution in [0.2, 0.25) is 0 Å². The van der Waals surface area contributed by atoms with E-state index in [0.717, 1.165) is 12.5 Å². The summed E-state index contributed by atoms with van der Waals surface area (Å²) in [5.41, 5.74) is 1.24. The van der Waals surface area contributed by atoms with E-state index in [-0.39, 0.29) is 0 Å². The van der Waals surface area contributed by atoms with Gasteiger partial charge in [0.2, 0.25) is 0 Å². The van der Waals surface area contributed by atoms with Gasteiger partial charge in [-0.25, -0.2) is 0 Å². The first-order valence-corrected chi connectivity index (χ1v) is 8.04. The first-order chi connectivity index (χ1) is 9.31. The maximum Gasteiger partial charge on any atom is 0.0796 e. The smallest absolute Gasteiger partial charge is 0.0796 e. The fourth-order valence-corrected chi connectivity index (χ4v) is 3.23. The standard InChI is InChI=1S/C16H29N3/c1-3-12-17-16(15-11-13-19(2)18-15)14-9-7-5-4-6-8-10-14/h11,13-14,16-17H,3-10,12H2,1-2H3. The zero-order valence-corrected chi connectivity index (χ0v) is 12.6. The van der Waals surface area contributed by atoms with Crippen LogP contribution >= 0.6 is 0 Å². The van der Waals surface area contributed by atoms with Gasteiger partial charge in [-0.15, -0.1) is 0 Å². The molecule has 1 heterocycles. The first-order valence-electron chi connectivity index (χ1n) is 8.04. The van der Waals surface area contributed by atoms with Crippen molar-refractivity contribution in [3.63, 3.8) is 0 Å². The minimum absolute atomic E-state index is 0.458. The van der Waals surface area contributed by atoms with Gasteiger partial charge in [0.25, 0.3) is 0 Å². The van der Waals surface area contributed by atoms with E-state index >= 15 is 0 Å². The molecule has 1 saturated carbocycles. The fourth-order valence-electron chi connectivity index (χ4n) is 3.23. The van der Waals surface area contributed by atoms with Gasteiger partial charge in [0, 0.05) is 13.2 Å². The van der Waals surface area contributed by atoms with Crippen molar-refractivity contribution in [3.05, 3.63) is 18.0 Å². The summed E-state index contributed by atoms with van der Waals surface area (Å²) in [6.45, 7) is 3.33. The summed E-state index contributed by atoms with van der Waals surface area (Å²) in [7, 11) is 2.01. The summed E-state index contributed by atoms with van der Waals surface area (Å²) in [5, 5.41) is 8.39. The molecule has 0 spiro atoms. The van der Waals surface area contributed by atoms with Crippen LogP contribution < -0.4 is 5.32 Å². The summed E-state index contributed by atoms with van der Waals surface area (Å²) in [6, 6.07) is 2.64. The lowest BCUT2D eigenvalue weighted by atomic mass is 9.84. The molecule has 1 aliphatic carbocycles. The van der Waals surface area contributed by atoms with Crippen molar-refractivity contribution in [2.24, 2.45) is 13.0 Å². The van der Waals surface area contributed by atoms with Crippen LogP contribution in [0.25, 0.3) is 0 Å². The lowest BCUT2D eigenvalue weighted by Crippen LogP contribution is -2.30. The Morgan fingerprint density at radius 3 is 2.53 bits per heavy atom. The Hall–Kier alpha value is -0.830.